The molecule has 2 heteroatoms. The summed E-state index contributed by atoms with van der Waals surface area (Å²) in [7, 11) is 0. The number of allylic oxidation sites excluding steroid dienone is 8. The van der Waals surface area contributed by atoms with Gasteiger partial charge in [0, 0.05) is 22.3 Å². The number of fused-ring (bicyclic) bond motifs is 2. The number of hydrogen-bond donors (Lipinski definition) is 0. The lowest BCUT2D eigenvalue weighted by molar-refractivity contribution is 0.0973. The topological polar surface area (TPSA) is 34.1 Å². The maximum Gasteiger partial charge on any atom is 0.190 e. The molecule has 0 amide bonds. The van der Waals surface area contributed by atoms with Crippen LogP contribution in [0.25, 0.3) is 10.8 Å². The summed E-state index contributed by atoms with van der Waals surface area (Å²) in [5, 5.41) is 2.59. The molecule has 0 saturated heterocycles. The van der Waals surface area contributed by atoms with Crippen LogP contribution in [-0.2, 0) is 6.42 Å². The summed E-state index contributed by atoms with van der Waals surface area (Å²) in [5.74, 6) is -0.0391. The summed E-state index contributed by atoms with van der Waals surface area (Å²) in [6.07, 6.45) is 12.4. The molecule has 0 heterocycles. The fourth-order valence-electron chi connectivity index (χ4n) is 5.11. The van der Waals surface area contributed by atoms with E-state index in [2.05, 4.69) is 81.5 Å². The normalized spacial score (nSPS) is 14.9. The van der Waals surface area contributed by atoms with Gasteiger partial charge in [0.15, 0.2) is 11.6 Å². The molecule has 0 aromatic heterocycles. The lowest BCUT2D eigenvalue weighted by atomic mass is 9.83. The van der Waals surface area contributed by atoms with Crippen LogP contribution in [0.3, 0.4) is 0 Å². The Morgan fingerprint density at radius 2 is 1.24 bits per heavy atom. The van der Waals surface area contributed by atoms with Gasteiger partial charge in [0.25, 0.3) is 0 Å². The third kappa shape index (κ3) is 6.75. The molecule has 2 nitrogen and oxygen atoms in total. The molecule has 0 fully saturated rings. The van der Waals surface area contributed by atoms with Crippen LogP contribution in [0.2, 0.25) is 0 Å². The number of benzene rings is 3. The molecule has 0 unspecified atom stereocenters. The summed E-state index contributed by atoms with van der Waals surface area (Å²) >= 11 is 0. The number of hydrogen-bond acceptors (Lipinski definition) is 2. The van der Waals surface area contributed by atoms with Gasteiger partial charge in [-0.25, -0.2) is 0 Å². The van der Waals surface area contributed by atoms with Crippen molar-refractivity contribution in [2.75, 3.05) is 0 Å². The summed E-state index contributed by atoms with van der Waals surface area (Å²) in [6.45, 7) is 8.33. The predicted molar refractivity (Wildman–Crippen MR) is 160 cm³/mol. The minimum Gasteiger partial charge on any atom is -0.289 e. The molecule has 0 aliphatic heterocycles. The van der Waals surface area contributed by atoms with E-state index in [1.54, 1.807) is 19.1 Å². The molecule has 0 N–H and O–H groups in total. The van der Waals surface area contributed by atoms with Gasteiger partial charge >= 0.3 is 0 Å². The number of carbonyl (C=O) groups is 2. The molecule has 0 spiro atoms. The Morgan fingerprint density at radius 1 is 0.658 bits per heavy atom. The molecular formula is C36H38O2. The Morgan fingerprint density at radius 3 is 1.95 bits per heavy atom. The highest BCUT2D eigenvalue weighted by Gasteiger charge is 2.28. The van der Waals surface area contributed by atoms with E-state index in [4.69, 9.17) is 0 Å². The number of rotatable bonds is 10. The first-order valence-corrected chi connectivity index (χ1v) is 13.7. The molecule has 3 aromatic rings. The van der Waals surface area contributed by atoms with Gasteiger partial charge in [0.05, 0.1) is 0 Å². The van der Waals surface area contributed by atoms with Crippen LogP contribution in [0.4, 0.5) is 0 Å². The van der Waals surface area contributed by atoms with Crippen LogP contribution in [0.5, 0.6) is 0 Å². The van der Waals surface area contributed by atoms with E-state index in [0.717, 1.165) is 32.1 Å². The maximum absolute atomic E-state index is 12.9. The van der Waals surface area contributed by atoms with E-state index in [9.17, 15) is 9.59 Å². The molecule has 3 aromatic carbocycles. The zero-order valence-corrected chi connectivity index (χ0v) is 23.1. The van der Waals surface area contributed by atoms with Gasteiger partial charge in [-0.1, -0.05) is 102 Å². The molecule has 0 bridgehead atoms. The highest BCUT2D eigenvalue weighted by atomic mass is 16.1. The summed E-state index contributed by atoms with van der Waals surface area (Å²) in [5.41, 5.74) is 7.71. The predicted octanol–water partition coefficient (Wildman–Crippen LogP) is 9.57. The molecule has 1 aliphatic rings. The molecule has 0 atom stereocenters. The van der Waals surface area contributed by atoms with Crippen LogP contribution >= 0.6 is 0 Å². The van der Waals surface area contributed by atoms with Crippen molar-refractivity contribution in [1.82, 2.24) is 0 Å². The fourth-order valence-corrected chi connectivity index (χ4v) is 5.11. The lowest BCUT2D eigenvalue weighted by Crippen LogP contribution is -2.20. The van der Waals surface area contributed by atoms with Crippen molar-refractivity contribution in [3.05, 3.63) is 130 Å². The average Bonchev–Trinajstić information content (AvgIpc) is 2.91. The quantitative estimate of drug-likeness (QED) is 0.259. The minimum absolute atomic E-state index is 0.0125. The van der Waals surface area contributed by atoms with Crippen molar-refractivity contribution in [2.45, 2.75) is 66.2 Å². The van der Waals surface area contributed by atoms with Gasteiger partial charge in [-0.15, -0.1) is 0 Å². The van der Waals surface area contributed by atoms with Crippen molar-refractivity contribution >= 4 is 22.3 Å². The molecule has 4 rings (SSSR count). The second kappa shape index (κ2) is 12.6. The highest BCUT2D eigenvalue weighted by molar-refractivity contribution is 6.26. The third-order valence-corrected chi connectivity index (χ3v) is 7.50. The third-order valence-electron chi connectivity index (χ3n) is 7.50. The minimum atomic E-state index is -0.0265. The second-order valence-corrected chi connectivity index (χ2v) is 10.6. The number of ketones is 2. The largest absolute Gasteiger partial charge is 0.289 e. The molecule has 38 heavy (non-hydrogen) atoms. The van der Waals surface area contributed by atoms with E-state index < -0.39 is 0 Å². The maximum atomic E-state index is 12.9. The van der Waals surface area contributed by atoms with Crippen LogP contribution in [-0.4, -0.2) is 11.6 Å². The van der Waals surface area contributed by atoms with E-state index in [-0.39, 0.29) is 11.6 Å². The van der Waals surface area contributed by atoms with E-state index in [1.165, 1.54) is 33.1 Å². The van der Waals surface area contributed by atoms with Gasteiger partial charge < -0.3 is 0 Å². The number of carbonyl (C=O) groups excluding carboxylic acids is 2. The van der Waals surface area contributed by atoms with Crippen molar-refractivity contribution in [3.63, 3.8) is 0 Å². The van der Waals surface area contributed by atoms with E-state index in [1.807, 2.05) is 12.1 Å². The number of Topliss-reactive ketones (excluding diaryl/α,β-unsaturated/α-hetero) is 2. The van der Waals surface area contributed by atoms with Crippen molar-refractivity contribution < 1.29 is 9.59 Å². The molecule has 0 radical (unpaired) electrons. The van der Waals surface area contributed by atoms with Crippen LogP contribution in [0, 0.1) is 0 Å². The highest BCUT2D eigenvalue weighted by Crippen LogP contribution is 2.28. The standard InChI is InChI=1S/C36H38O2/c1-25(12-10-14-27(3)23-29-20-21-30-15-5-6-16-31(30)24-29)11-9-13-26(2)19-22-32-28(4)35(37)33-17-7-8-18-34(33)36(32)38/h5-8,11,14-21,24H,9-10,12-13,22-23H2,1-4H3/b25-11+,26-19+,27-14+. The Balaban J connectivity index is 1.24. The first kappa shape index (κ1) is 27.3. The Hall–Kier alpha value is -3.78. The van der Waals surface area contributed by atoms with E-state index in [0.29, 0.717) is 28.7 Å². The van der Waals surface area contributed by atoms with Gasteiger partial charge in [0.1, 0.15) is 0 Å². The first-order chi connectivity index (χ1) is 18.3. The molecule has 1 aliphatic carbocycles. The van der Waals surface area contributed by atoms with Crippen molar-refractivity contribution in [2.24, 2.45) is 0 Å². The first-order valence-electron chi connectivity index (χ1n) is 13.7. The van der Waals surface area contributed by atoms with Crippen LogP contribution in [0.1, 0.15) is 86.1 Å². The second-order valence-electron chi connectivity index (χ2n) is 10.6. The Labute approximate surface area is 227 Å². The van der Waals surface area contributed by atoms with Gasteiger partial charge in [-0.05, 0) is 82.6 Å². The van der Waals surface area contributed by atoms with Gasteiger partial charge in [-0.3, -0.25) is 9.59 Å². The SMILES string of the molecule is CC1=C(C/C=C(\C)CC/C=C(\C)CC/C=C(\C)Cc2ccc3ccccc3c2)C(=O)c2ccccc2C1=O. The summed E-state index contributed by atoms with van der Waals surface area (Å²) in [4.78, 5) is 25.6. The lowest BCUT2D eigenvalue weighted by Gasteiger charge is -2.18. The van der Waals surface area contributed by atoms with Crippen LogP contribution in [0.15, 0.2) is 113 Å². The van der Waals surface area contributed by atoms with Crippen molar-refractivity contribution in [3.8, 4) is 0 Å². The smallest absolute Gasteiger partial charge is 0.190 e. The monoisotopic (exact) mass is 502 g/mol. The Bertz CT molecular complexity index is 1480. The molecular weight excluding hydrogens is 464 g/mol. The molecule has 0 saturated carbocycles. The van der Waals surface area contributed by atoms with Crippen LogP contribution < -0.4 is 0 Å². The van der Waals surface area contributed by atoms with Gasteiger partial charge in [0.2, 0.25) is 0 Å². The van der Waals surface area contributed by atoms with E-state index >= 15 is 0 Å². The molecule has 194 valence electrons. The Kier molecular flexibility index (Phi) is 9.07. The fraction of sp³-hybridized carbons (Fsp3) is 0.278. The zero-order chi connectivity index (χ0) is 27.1. The zero-order valence-electron chi connectivity index (χ0n) is 23.1. The summed E-state index contributed by atoms with van der Waals surface area (Å²) < 4.78 is 0. The summed E-state index contributed by atoms with van der Waals surface area (Å²) in [6, 6.07) is 22.4. The van der Waals surface area contributed by atoms with Crippen molar-refractivity contribution in [1.29, 1.82) is 0 Å². The van der Waals surface area contributed by atoms with Gasteiger partial charge in [-0.2, -0.15) is 0 Å². The average molecular weight is 503 g/mol.